The molecule has 0 saturated heterocycles. The molecule has 1 fully saturated rings. The van der Waals surface area contributed by atoms with Crippen LogP contribution < -0.4 is 4.74 Å². The van der Waals surface area contributed by atoms with Crippen LogP contribution in [0.1, 0.15) is 25.7 Å². The van der Waals surface area contributed by atoms with Gasteiger partial charge in [-0.05, 0) is 31.6 Å². The molecule has 1 aromatic rings. The zero-order chi connectivity index (χ0) is 9.80. The number of nitrogens with zero attached hydrogens (tertiary/aromatic N) is 1. The van der Waals surface area contributed by atoms with Crippen molar-refractivity contribution in [3.05, 3.63) is 11.6 Å². The van der Waals surface area contributed by atoms with Gasteiger partial charge in [0.05, 0.1) is 0 Å². The summed E-state index contributed by atoms with van der Waals surface area (Å²) >= 11 is 1.54. The van der Waals surface area contributed by atoms with Gasteiger partial charge in [-0.3, -0.25) is 0 Å². The quantitative estimate of drug-likeness (QED) is 0.835. The van der Waals surface area contributed by atoms with E-state index >= 15 is 0 Å². The molecule has 0 atom stereocenters. The molecule has 1 saturated carbocycles. The van der Waals surface area contributed by atoms with E-state index in [1.165, 1.54) is 0 Å². The highest BCUT2D eigenvalue weighted by Crippen LogP contribution is 2.27. The zero-order valence-electron chi connectivity index (χ0n) is 8.06. The van der Waals surface area contributed by atoms with Gasteiger partial charge in [-0.1, -0.05) is 11.3 Å². The largest absolute Gasteiger partial charge is 0.467 e. The maximum atomic E-state index is 8.98. The average molecular weight is 213 g/mol. The van der Waals surface area contributed by atoms with Gasteiger partial charge in [0.1, 0.15) is 6.10 Å². The summed E-state index contributed by atoms with van der Waals surface area (Å²) in [6.07, 6.45) is 6.32. The zero-order valence-corrected chi connectivity index (χ0v) is 8.87. The molecule has 0 unspecified atom stereocenters. The van der Waals surface area contributed by atoms with Crippen molar-refractivity contribution in [2.45, 2.75) is 31.8 Å². The van der Waals surface area contributed by atoms with Crippen molar-refractivity contribution < 1.29 is 9.84 Å². The Labute approximate surface area is 87.7 Å². The third-order valence-electron chi connectivity index (χ3n) is 2.73. The molecule has 0 aliphatic heterocycles. The number of hydrogen-bond donors (Lipinski definition) is 1. The second kappa shape index (κ2) is 4.75. The van der Waals surface area contributed by atoms with Crippen molar-refractivity contribution in [2.75, 3.05) is 6.61 Å². The van der Waals surface area contributed by atoms with Crippen LogP contribution in [0.3, 0.4) is 0 Å². The van der Waals surface area contributed by atoms with Crippen LogP contribution in [0.25, 0.3) is 0 Å². The van der Waals surface area contributed by atoms with Gasteiger partial charge in [0.15, 0.2) is 0 Å². The Bertz CT molecular complexity index is 255. The van der Waals surface area contributed by atoms with Crippen LogP contribution in [0, 0.1) is 5.92 Å². The van der Waals surface area contributed by atoms with E-state index in [-0.39, 0.29) is 0 Å². The monoisotopic (exact) mass is 213 g/mol. The molecular weight excluding hydrogens is 198 g/mol. The molecule has 14 heavy (non-hydrogen) atoms. The molecule has 1 heterocycles. The minimum absolute atomic E-state index is 0.309. The summed E-state index contributed by atoms with van der Waals surface area (Å²) in [6, 6.07) is 0. The lowest BCUT2D eigenvalue weighted by Gasteiger charge is -2.26. The van der Waals surface area contributed by atoms with E-state index in [1.54, 1.807) is 17.5 Å². The number of ether oxygens (including phenoxy) is 1. The van der Waals surface area contributed by atoms with E-state index in [0.717, 1.165) is 30.9 Å². The van der Waals surface area contributed by atoms with Gasteiger partial charge in [-0.15, -0.1) is 0 Å². The van der Waals surface area contributed by atoms with Gasteiger partial charge in [-0.2, -0.15) is 0 Å². The maximum absolute atomic E-state index is 8.98. The van der Waals surface area contributed by atoms with Crippen molar-refractivity contribution >= 4 is 11.3 Å². The smallest absolute Gasteiger partial charge is 0.273 e. The van der Waals surface area contributed by atoms with Crippen LogP contribution in [-0.2, 0) is 0 Å². The highest BCUT2D eigenvalue weighted by molar-refractivity contribution is 7.11. The molecule has 1 aromatic heterocycles. The van der Waals surface area contributed by atoms with Crippen LogP contribution in [0.15, 0.2) is 11.6 Å². The number of hydrogen-bond acceptors (Lipinski definition) is 4. The van der Waals surface area contributed by atoms with E-state index in [4.69, 9.17) is 9.84 Å². The molecule has 78 valence electrons. The fourth-order valence-electron chi connectivity index (χ4n) is 1.84. The van der Waals surface area contributed by atoms with Crippen LogP contribution in [-0.4, -0.2) is 22.8 Å². The SMILES string of the molecule is OCC1CCC(Oc2nccs2)CC1. The molecular formula is C10H15NO2S. The minimum atomic E-state index is 0.309. The Kier molecular flexibility index (Phi) is 3.37. The average Bonchev–Trinajstić information content (AvgIpc) is 2.72. The number of aliphatic hydroxyl groups excluding tert-OH is 1. The molecule has 4 heteroatoms. The summed E-state index contributed by atoms with van der Waals surface area (Å²) in [6.45, 7) is 0.323. The third kappa shape index (κ3) is 2.45. The summed E-state index contributed by atoms with van der Waals surface area (Å²) in [4.78, 5) is 4.10. The summed E-state index contributed by atoms with van der Waals surface area (Å²) in [5, 5.41) is 11.7. The normalized spacial score (nSPS) is 27.5. The summed E-state index contributed by atoms with van der Waals surface area (Å²) in [7, 11) is 0. The van der Waals surface area contributed by atoms with Crippen molar-refractivity contribution in [2.24, 2.45) is 5.92 Å². The van der Waals surface area contributed by atoms with E-state index in [0.29, 0.717) is 18.6 Å². The second-order valence-electron chi connectivity index (χ2n) is 3.74. The summed E-state index contributed by atoms with van der Waals surface area (Å²) < 4.78 is 5.71. The Hall–Kier alpha value is -0.610. The fraction of sp³-hybridized carbons (Fsp3) is 0.700. The highest BCUT2D eigenvalue weighted by atomic mass is 32.1. The van der Waals surface area contributed by atoms with Gasteiger partial charge in [0.2, 0.25) is 0 Å². The standard InChI is InChI=1S/C10H15NO2S/c12-7-8-1-3-9(4-2-8)13-10-11-5-6-14-10/h5-6,8-9,12H,1-4,7H2. The highest BCUT2D eigenvalue weighted by Gasteiger charge is 2.22. The summed E-state index contributed by atoms with van der Waals surface area (Å²) in [5.74, 6) is 0.492. The predicted octanol–water partition coefficient (Wildman–Crippen LogP) is 2.07. The van der Waals surface area contributed by atoms with Crippen LogP contribution in [0.5, 0.6) is 5.19 Å². The maximum Gasteiger partial charge on any atom is 0.273 e. The molecule has 0 radical (unpaired) electrons. The lowest BCUT2D eigenvalue weighted by Crippen LogP contribution is -2.25. The third-order valence-corrected chi connectivity index (χ3v) is 3.39. The summed E-state index contributed by atoms with van der Waals surface area (Å²) in [5.41, 5.74) is 0. The van der Waals surface area contributed by atoms with Gasteiger partial charge in [0.25, 0.3) is 5.19 Å². The molecule has 0 amide bonds. The second-order valence-corrected chi connectivity index (χ2v) is 4.60. The van der Waals surface area contributed by atoms with E-state index in [9.17, 15) is 0 Å². The van der Waals surface area contributed by atoms with Gasteiger partial charge >= 0.3 is 0 Å². The molecule has 0 spiro atoms. The van der Waals surface area contributed by atoms with Gasteiger partial charge < -0.3 is 9.84 Å². The van der Waals surface area contributed by atoms with Crippen molar-refractivity contribution in [3.63, 3.8) is 0 Å². The molecule has 1 aliphatic carbocycles. The first kappa shape index (κ1) is 9.93. The Balaban J connectivity index is 1.79. The van der Waals surface area contributed by atoms with Gasteiger partial charge in [0, 0.05) is 18.2 Å². The molecule has 1 aliphatic rings. The first-order valence-electron chi connectivity index (χ1n) is 5.05. The first-order valence-corrected chi connectivity index (χ1v) is 5.93. The first-order chi connectivity index (χ1) is 6.88. The van der Waals surface area contributed by atoms with Crippen molar-refractivity contribution in [1.29, 1.82) is 0 Å². The Morgan fingerprint density at radius 1 is 1.43 bits per heavy atom. The van der Waals surface area contributed by atoms with E-state index in [1.807, 2.05) is 5.38 Å². The van der Waals surface area contributed by atoms with Crippen LogP contribution in [0.2, 0.25) is 0 Å². The predicted molar refractivity (Wildman–Crippen MR) is 55.6 cm³/mol. The number of aromatic nitrogens is 1. The number of rotatable bonds is 3. The molecule has 2 rings (SSSR count). The van der Waals surface area contributed by atoms with Crippen molar-refractivity contribution in [3.8, 4) is 5.19 Å². The lowest BCUT2D eigenvalue weighted by atomic mass is 9.88. The Morgan fingerprint density at radius 2 is 2.21 bits per heavy atom. The minimum Gasteiger partial charge on any atom is -0.467 e. The van der Waals surface area contributed by atoms with E-state index < -0.39 is 0 Å². The van der Waals surface area contributed by atoms with Crippen molar-refractivity contribution in [1.82, 2.24) is 4.98 Å². The molecule has 0 bridgehead atoms. The number of thiazole rings is 1. The molecule has 3 nitrogen and oxygen atoms in total. The van der Waals surface area contributed by atoms with E-state index in [2.05, 4.69) is 4.98 Å². The van der Waals surface area contributed by atoms with Crippen LogP contribution >= 0.6 is 11.3 Å². The molecule has 0 aromatic carbocycles. The Morgan fingerprint density at radius 3 is 2.79 bits per heavy atom. The number of aliphatic hydroxyl groups is 1. The lowest BCUT2D eigenvalue weighted by molar-refractivity contribution is 0.104. The van der Waals surface area contributed by atoms with Gasteiger partial charge in [-0.25, -0.2) is 4.98 Å². The topological polar surface area (TPSA) is 42.4 Å². The molecule has 1 N–H and O–H groups in total. The van der Waals surface area contributed by atoms with Crippen LogP contribution in [0.4, 0.5) is 0 Å². The fourth-order valence-corrected chi connectivity index (χ4v) is 2.39.